The molecule has 0 radical (unpaired) electrons. The first-order chi connectivity index (χ1) is 7.94. The Labute approximate surface area is 101 Å². The summed E-state index contributed by atoms with van der Waals surface area (Å²) in [7, 11) is 0. The summed E-state index contributed by atoms with van der Waals surface area (Å²) in [4.78, 5) is 3.97. The fourth-order valence-corrected chi connectivity index (χ4v) is 1.68. The number of aliphatic imine (C=N–C) groups is 1. The standard InChI is InChI=1S/C13H17N3O/c1-4-13(2,3)17-9-7-5-6-8-10(9)12(15)16-11(8)14/h5-7H,4H2,1-3H3,(H3,14,15,16). The largest absolute Gasteiger partial charge is 0.487 e. The molecule has 1 heterocycles. The maximum atomic E-state index is 7.82. The lowest BCUT2D eigenvalue weighted by atomic mass is 10.0. The molecule has 0 spiro atoms. The summed E-state index contributed by atoms with van der Waals surface area (Å²) in [6, 6.07) is 5.60. The van der Waals surface area contributed by atoms with Gasteiger partial charge in [-0.2, -0.15) is 0 Å². The van der Waals surface area contributed by atoms with E-state index in [9.17, 15) is 0 Å². The molecule has 2 rings (SSSR count). The van der Waals surface area contributed by atoms with Crippen molar-refractivity contribution in [3.63, 3.8) is 0 Å². The molecule has 3 N–H and O–H groups in total. The number of amidine groups is 2. The number of nitrogens with one attached hydrogen (secondary N) is 1. The SMILES string of the molecule is CCC(C)(C)Oc1cccc2c1C(=N)N=C2N. The van der Waals surface area contributed by atoms with Crippen molar-refractivity contribution in [1.82, 2.24) is 0 Å². The second-order valence-corrected chi connectivity index (χ2v) is 4.74. The van der Waals surface area contributed by atoms with Crippen LogP contribution in [0.4, 0.5) is 0 Å². The molecule has 0 saturated carbocycles. The third-order valence-electron chi connectivity index (χ3n) is 3.01. The Morgan fingerprint density at radius 2 is 2.12 bits per heavy atom. The molecule has 0 bridgehead atoms. The molecule has 0 aliphatic carbocycles. The third-order valence-corrected chi connectivity index (χ3v) is 3.01. The normalized spacial score (nSPS) is 14.5. The van der Waals surface area contributed by atoms with E-state index in [-0.39, 0.29) is 11.4 Å². The van der Waals surface area contributed by atoms with Crippen molar-refractivity contribution >= 4 is 11.7 Å². The minimum atomic E-state index is -0.257. The lowest BCUT2D eigenvalue weighted by Crippen LogP contribution is -2.27. The maximum absolute atomic E-state index is 7.82. The molecule has 4 heteroatoms. The average Bonchev–Trinajstić information content (AvgIpc) is 2.55. The van der Waals surface area contributed by atoms with E-state index in [0.29, 0.717) is 17.1 Å². The average molecular weight is 231 g/mol. The number of rotatable bonds is 3. The summed E-state index contributed by atoms with van der Waals surface area (Å²) in [6.07, 6.45) is 0.889. The van der Waals surface area contributed by atoms with Gasteiger partial charge in [-0.3, -0.25) is 5.41 Å². The maximum Gasteiger partial charge on any atom is 0.158 e. The second kappa shape index (κ2) is 3.87. The molecule has 1 aromatic rings. The van der Waals surface area contributed by atoms with Crippen molar-refractivity contribution in [2.45, 2.75) is 32.8 Å². The molecule has 1 aliphatic rings. The van der Waals surface area contributed by atoms with Crippen LogP contribution in [-0.4, -0.2) is 17.3 Å². The first kappa shape index (κ1) is 11.6. The Kier molecular flexibility index (Phi) is 2.65. The Morgan fingerprint density at radius 1 is 1.41 bits per heavy atom. The van der Waals surface area contributed by atoms with Crippen LogP contribution in [0.25, 0.3) is 0 Å². The van der Waals surface area contributed by atoms with Crippen LogP contribution in [0.1, 0.15) is 38.3 Å². The lowest BCUT2D eigenvalue weighted by molar-refractivity contribution is 0.105. The van der Waals surface area contributed by atoms with Crippen molar-refractivity contribution in [2.24, 2.45) is 10.7 Å². The second-order valence-electron chi connectivity index (χ2n) is 4.74. The van der Waals surface area contributed by atoms with Gasteiger partial charge in [0.25, 0.3) is 0 Å². The number of nitrogens with zero attached hydrogens (tertiary/aromatic N) is 1. The van der Waals surface area contributed by atoms with Crippen LogP contribution in [0.5, 0.6) is 5.75 Å². The van der Waals surface area contributed by atoms with Gasteiger partial charge in [0.05, 0.1) is 5.56 Å². The quantitative estimate of drug-likeness (QED) is 0.837. The van der Waals surface area contributed by atoms with E-state index in [4.69, 9.17) is 15.9 Å². The molecule has 0 atom stereocenters. The number of nitrogens with two attached hydrogens (primary N) is 1. The van der Waals surface area contributed by atoms with Gasteiger partial charge in [0.15, 0.2) is 5.84 Å². The summed E-state index contributed by atoms with van der Waals surface area (Å²) < 4.78 is 5.94. The first-order valence-electron chi connectivity index (χ1n) is 5.70. The highest BCUT2D eigenvalue weighted by molar-refractivity contribution is 6.22. The van der Waals surface area contributed by atoms with Gasteiger partial charge in [0.2, 0.25) is 0 Å². The summed E-state index contributed by atoms with van der Waals surface area (Å²) in [5, 5.41) is 7.82. The van der Waals surface area contributed by atoms with Crippen molar-refractivity contribution in [3.05, 3.63) is 29.3 Å². The number of ether oxygens (including phenoxy) is 1. The predicted molar refractivity (Wildman–Crippen MR) is 69.0 cm³/mol. The fourth-order valence-electron chi connectivity index (χ4n) is 1.68. The Morgan fingerprint density at radius 3 is 2.76 bits per heavy atom. The van der Waals surface area contributed by atoms with Crippen LogP contribution in [-0.2, 0) is 0 Å². The van der Waals surface area contributed by atoms with Gasteiger partial charge in [0.1, 0.15) is 17.2 Å². The first-order valence-corrected chi connectivity index (χ1v) is 5.70. The van der Waals surface area contributed by atoms with Gasteiger partial charge in [-0.05, 0) is 26.3 Å². The number of hydrogen-bond donors (Lipinski definition) is 2. The van der Waals surface area contributed by atoms with E-state index in [1.54, 1.807) is 0 Å². The highest BCUT2D eigenvalue weighted by Crippen LogP contribution is 2.30. The summed E-state index contributed by atoms with van der Waals surface area (Å²) in [6.45, 7) is 6.11. The van der Waals surface area contributed by atoms with Crippen LogP contribution < -0.4 is 10.5 Å². The van der Waals surface area contributed by atoms with E-state index >= 15 is 0 Å². The van der Waals surface area contributed by atoms with E-state index < -0.39 is 0 Å². The van der Waals surface area contributed by atoms with E-state index in [1.165, 1.54) is 0 Å². The topological polar surface area (TPSA) is 71.5 Å². The van der Waals surface area contributed by atoms with Crippen LogP contribution in [0.3, 0.4) is 0 Å². The third kappa shape index (κ3) is 2.02. The van der Waals surface area contributed by atoms with E-state index in [0.717, 1.165) is 12.0 Å². The zero-order chi connectivity index (χ0) is 12.6. The summed E-state index contributed by atoms with van der Waals surface area (Å²) in [5.74, 6) is 1.26. The molecule has 0 fully saturated rings. The van der Waals surface area contributed by atoms with Crippen molar-refractivity contribution < 1.29 is 4.74 Å². The highest BCUT2D eigenvalue weighted by Gasteiger charge is 2.26. The van der Waals surface area contributed by atoms with Gasteiger partial charge in [0, 0.05) is 5.56 Å². The zero-order valence-electron chi connectivity index (χ0n) is 10.4. The molecule has 1 aromatic carbocycles. The van der Waals surface area contributed by atoms with Gasteiger partial charge < -0.3 is 10.5 Å². The van der Waals surface area contributed by atoms with Crippen LogP contribution >= 0.6 is 0 Å². The highest BCUT2D eigenvalue weighted by atomic mass is 16.5. The van der Waals surface area contributed by atoms with Crippen LogP contribution in [0, 0.1) is 5.41 Å². The van der Waals surface area contributed by atoms with E-state index in [1.807, 2.05) is 32.0 Å². The molecule has 1 aliphatic heterocycles. The fraction of sp³-hybridized carbons (Fsp3) is 0.385. The zero-order valence-corrected chi connectivity index (χ0v) is 10.4. The molecule has 90 valence electrons. The Balaban J connectivity index is 2.43. The monoisotopic (exact) mass is 231 g/mol. The molecule has 4 nitrogen and oxygen atoms in total. The Hall–Kier alpha value is -1.84. The van der Waals surface area contributed by atoms with E-state index in [2.05, 4.69) is 11.9 Å². The van der Waals surface area contributed by atoms with Crippen LogP contribution in [0.15, 0.2) is 23.2 Å². The minimum Gasteiger partial charge on any atom is -0.487 e. The lowest BCUT2D eigenvalue weighted by Gasteiger charge is -2.26. The predicted octanol–water partition coefficient (Wildman–Crippen LogP) is 2.30. The number of benzene rings is 1. The minimum absolute atomic E-state index is 0.181. The smallest absolute Gasteiger partial charge is 0.158 e. The molecular weight excluding hydrogens is 214 g/mol. The molecule has 0 unspecified atom stereocenters. The number of hydrogen-bond acceptors (Lipinski definition) is 3. The molecule has 0 saturated heterocycles. The molecule has 0 amide bonds. The van der Waals surface area contributed by atoms with Gasteiger partial charge in [-0.15, -0.1) is 0 Å². The van der Waals surface area contributed by atoms with Gasteiger partial charge in [-0.25, -0.2) is 4.99 Å². The van der Waals surface area contributed by atoms with Gasteiger partial charge >= 0.3 is 0 Å². The van der Waals surface area contributed by atoms with Crippen molar-refractivity contribution in [3.8, 4) is 5.75 Å². The molecule has 0 aromatic heterocycles. The van der Waals surface area contributed by atoms with Crippen molar-refractivity contribution in [1.29, 1.82) is 5.41 Å². The van der Waals surface area contributed by atoms with Gasteiger partial charge in [-0.1, -0.05) is 19.1 Å². The van der Waals surface area contributed by atoms with Crippen LogP contribution in [0.2, 0.25) is 0 Å². The molecule has 17 heavy (non-hydrogen) atoms. The summed E-state index contributed by atoms with van der Waals surface area (Å²) >= 11 is 0. The Bertz CT molecular complexity index is 503. The summed E-state index contributed by atoms with van der Waals surface area (Å²) in [5.41, 5.74) is 6.99. The number of fused-ring (bicyclic) bond motifs is 1. The molecular formula is C13H17N3O. The van der Waals surface area contributed by atoms with Crippen molar-refractivity contribution in [2.75, 3.05) is 0 Å².